The number of hydrogen-bond acceptors (Lipinski definition) is 3. The molecule has 0 aromatic rings. The zero-order valence-electron chi connectivity index (χ0n) is 9.41. The number of Topliss-reactive ketones (excluding diaryl/α,β-unsaturated/α-hetero) is 2. The maximum absolute atomic E-state index is 11.6. The number of rotatable bonds is 3. The lowest BCUT2D eigenvalue weighted by atomic mass is 9.81. The van der Waals surface area contributed by atoms with Crippen molar-refractivity contribution in [2.24, 2.45) is 5.92 Å². The molecule has 3 heteroatoms. The van der Waals surface area contributed by atoms with E-state index in [9.17, 15) is 9.59 Å². The van der Waals surface area contributed by atoms with Gasteiger partial charge in [0.25, 0.3) is 0 Å². The van der Waals surface area contributed by atoms with E-state index in [0.29, 0.717) is 37.4 Å². The topological polar surface area (TPSA) is 43.4 Å². The van der Waals surface area contributed by atoms with Gasteiger partial charge in [0.15, 0.2) is 0 Å². The van der Waals surface area contributed by atoms with E-state index in [1.54, 1.807) is 6.92 Å². The second kappa shape index (κ2) is 3.71. The maximum atomic E-state index is 11.6. The molecule has 84 valence electrons. The average molecular weight is 210 g/mol. The van der Waals surface area contributed by atoms with Crippen molar-refractivity contribution in [1.29, 1.82) is 0 Å². The van der Waals surface area contributed by atoms with E-state index in [1.807, 2.05) is 0 Å². The van der Waals surface area contributed by atoms with E-state index < -0.39 is 0 Å². The van der Waals surface area contributed by atoms with Gasteiger partial charge >= 0.3 is 0 Å². The van der Waals surface area contributed by atoms with E-state index in [4.69, 9.17) is 4.74 Å². The first-order valence-electron chi connectivity index (χ1n) is 5.71. The van der Waals surface area contributed by atoms with Gasteiger partial charge in [-0.05, 0) is 25.7 Å². The van der Waals surface area contributed by atoms with Crippen molar-refractivity contribution in [2.45, 2.75) is 57.7 Å². The highest BCUT2D eigenvalue weighted by atomic mass is 16.5. The van der Waals surface area contributed by atoms with Crippen LogP contribution in [0.4, 0.5) is 0 Å². The Morgan fingerprint density at radius 1 is 1.60 bits per heavy atom. The number of carbonyl (C=O) groups is 2. The minimum atomic E-state index is -0.314. The predicted octanol–water partition coefficient (Wildman–Crippen LogP) is 1.88. The summed E-state index contributed by atoms with van der Waals surface area (Å²) in [4.78, 5) is 22.6. The third-order valence-corrected chi connectivity index (χ3v) is 3.77. The highest BCUT2D eigenvalue weighted by Crippen LogP contribution is 2.46. The SMILES string of the molecule is CC(=O)CC[C@]12CC(=O)C[C@H](C[C@@H]1C)O2. The maximum Gasteiger partial charge on any atom is 0.138 e. The van der Waals surface area contributed by atoms with Gasteiger partial charge in [-0.3, -0.25) is 4.79 Å². The zero-order chi connectivity index (χ0) is 11.1. The standard InChI is InChI=1S/C12H18O3/c1-8-5-11-6-10(14)7-12(8,15-11)4-3-9(2)13/h8,11H,3-7H2,1-2H3/t8-,11-,12-/m0/s1. The molecule has 0 aromatic heterocycles. The number of fused-ring (bicyclic) bond motifs is 2. The first-order chi connectivity index (χ1) is 7.02. The highest BCUT2D eigenvalue weighted by Gasteiger charge is 2.50. The molecule has 15 heavy (non-hydrogen) atoms. The Hall–Kier alpha value is -0.700. The summed E-state index contributed by atoms with van der Waals surface area (Å²) in [6.07, 6.45) is 3.43. The monoisotopic (exact) mass is 210 g/mol. The van der Waals surface area contributed by atoms with Gasteiger partial charge < -0.3 is 9.53 Å². The summed E-state index contributed by atoms with van der Waals surface area (Å²) >= 11 is 0. The number of ketones is 2. The molecule has 0 aromatic carbocycles. The van der Waals surface area contributed by atoms with E-state index in [1.165, 1.54) is 0 Å². The quantitative estimate of drug-likeness (QED) is 0.714. The van der Waals surface area contributed by atoms with E-state index in [-0.39, 0.29) is 17.5 Å². The molecule has 2 bridgehead atoms. The smallest absolute Gasteiger partial charge is 0.138 e. The molecule has 0 aliphatic carbocycles. The Morgan fingerprint density at radius 2 is 2.33 bits per heavy atom. The van der Waals surface area contributed by atoms with Crippen molar-refractivity contribution in [3.63, 3.8) is 0 Å². The van der Waals surface area contributed by atoms with E-state index in [2.05, 4.69) is 6.92 Å². The first-order valence-corrected chi connectivity index (χ1v) is 5.71. The number of carbonyl (C=O) groups excluding carboxylic acids is 2. The van der Waals surface area contributed by atoms with Crippen molar-refractivity contribution in [3.8, 4) is 0 Å². The summed E-state index contributed by atoms with van der Waals surface area (Å²) in [5, 5.41) is 0. The molecule has 0 radical (unpaired) electrons. The Labute approximate surface area is 90.2 Å². The van der Waals surface area contributed by atoms with Crippen LogP contribution in [0, 0.1) is 5.92 Å². The highest BCUT2D eigenvalue weighted by molar-refractivity contribution is 5.81. The molecule has 2 fully saturated rings. The second-order valence-corrected chi connectivity index (χ2v) is 5.06. The van der Waals surface area contributed by atoms with Crippen LogP contribution >= 0.6 is 0 Å². The Balaban J connectivity index is 2.10. The fourth-order valence-electron chi connectivity index (χ4n) is 2.89. The van der Waals surface area contributed by atoms with Crippen molar-refractivity contribution >= 4 is 11.6 Å². The van der Waals surface area contributed by atoms with Gasteiger partial charge in [-0.2, -0.15) is 0 Å². The molecule has 0 saturated carbocycles. The van der Waals surface area contributed by atoms with Crippen molar-refractivity contribution in [3.05, 3.63) is 0 Å². The van der Waals surface area contributed by atoms with Gasteiger partial charge in [0.1, 0.15) is 11.6 Å². The molecular formula is C12H18O3. The van der Waals surface area contributed by atoms with Crippen molar-refractivity contribution in [2.75, 3.05) is 0 Å². The van der Waals surface area contributed by atoms with Crippen LogP contribution in [0.3, 0.4) is 0 Å². The first kappa shape index (κ1) is 10.8. The number of ether oxygens (including phenoxy) is 1. The molecule has 0 spiro atoms. The zero-order valence-corrected chi connectivity index (χ0v) is 9.41. The van der Waals surface area contributed by atoms with Crippen LogP contribution in [0.25, 0.3) is 0 Å². The predicted molar refractivity (Wildman–Crippen MR) is 55.5 cm³/mol. The van der Waals surface area contributed by atoms with Crippen molar-refractivity contribution < 1.29 is 14.3 Å². The normalized spacial score (nSPS) is 39.5. The minimum absolute atomic E-state index is 0.119. The fourth-order valence-corrected chi connectivity index (χ4v) is 2.89. The Bertz CT molecular complexity index is 297. The van der Waals surface area contributed by atoms with Gasteiger partial charge in [0, 0.05) is 19.3 Å². The van der Waals surface area contributed by atoms with Gasteiger partial charge in [0.05, 0.1) is 11.7 Å². The van der Waals surface area contributed by atoms with Crippen LogP contribution in [-0.4, -0.2) is 23.3 Å². The summed E-state index contributed by atoms with van der Waals surface area (Å²) in [6, 6.07) is 0. The summed E-state index contributed by atoms with van der Waals surface area (Å²) < 4.78 is 5.94. The van der Waals surface area contributed by atoms with E-state index in [0.717, 1.165) is 6.42 Å². The molecule has 0 amide bonds. The summed E-state index contributed by atoms with van der Waals surface area (Å²) in [6.45, 7) is 3.73. The average Bonchev–Trinajstić information content (AvgIpc) is 2.35. The lowest BCUT2D eigenvalue weighted by Crippen LogP contribution is -2.41. The van der Waals surface area contributed by atoms with Crippen LogP contribution < -0.4 is 0 Å². The van der Waals surface area contributed by atoms with Crippen molar-refractivity contribution in [1.82, 2.24) is 0 Å². The lowest BCUT2D eigenvalue weighted by Gasteiger charge is -2.35. The fraction of sp³-hybridized carbons (Fsp3) is 0.833. The van der Waals surface area contributed by atoms with Crippen LogP contribution in [0.5, 0.6) is 0 Å². The molecule has 0 unspecified atom stereocenters. The molecule has 3 nitrogen and oxygen atoms in total. The summed E-state index contributed by atoms with van der Waals surface area (Å²) in [5.41, 5.74) is -0.314. The van der Waals surface area contributed by atoms with Crippen LogP contribution in [-0.2, 0) is 14.3 Å². The molecule has 3 atom stereocenters. The lowest BCUT2D eigenvalue weighted by molar-refractivity contribution is -0.145. The third-order valence-electron chi connectivity index (χ3n) is 3.77. The largest absolute Gasteiger partial charge is 0.371 e. The van der Waals surface area contributed by atoms with Crippen LogP contribution in [0.1, 0.15) is 46.0 Å². The molecule has 2 aliphatic rings. The summed E-state index contributed by atoms with van der Waals surface area (Å²) in [5.74, 6) is 0.897. The molecule has 0 N–H and O–H groups in total. The van der Waals surface area contributed by atoms with Crippen LogP contribution in [0.2, 0.25) is 0 Å². The van der Waals surface area contributed by atoms with Gasteiger partial charge in [0.2, 0.25) is 0 Å². The Kier molecular flexibility index (Phi) is 2.67. The molecule has 2 rings (SSSR count). The molecule has 2 saturated heterocycles. The summed E-state index contributed by atoms with van der Waals surface area (Å²) in [7, 11) is 0. The van der Waals surface area contributed by atoms with E-state index >= 15 is 0 Å². The van der Waals surface area contributed by atoms with Gasteiger partial charge in [-0.1, -0.05) is 6.92 Å². The molecular weight excluding hydrogens is 192 g/mol. The molecule has 2 aliphatic heterocycles. The van der Waals surface area contributed by atoms with Gasteiger partial charge in [-0.25, -0.2) is 0 Å². The second-order valence-electron chi connectivity index (χ2n) is 5.06. The van der Waals surface area contributed by atoms with Gasteiger partial charge in [-0.15, -0.1) is 0 Å². The third kappa shape index (κ3) is 1.98. The number of hydrogen-bond donors (Lipinski definition) is 0. The minimum Gasteiger partial charge on any atom is -0.371 e. The Morgan fingerprint density at radius 3 is 3.00 bits per heavy atom. The van der Waals surface area contributed by atoms with Crippen LogP contribution in [0.15, 0.2) is 0 Å². The molecule has 2 heterocycles.